The van der Waals surface area contributed by atoms with Gasteiger partial charge >= 0.3 is 0 Å². The van der Waals surface area contributed by atoms with Crippen LogP contribution in [0.4, 0.5) is 0 Å². The fourth-order valence-corrected chi connectivity index (χ4v) is 4.14. The van der Waals surface area contributed by atoms with Crippen LogP contribution in [0.15, 0.2) is 48.5 Å². The van der Waals surface area contributed by atoms with Gasteiger partial charge in [0, 0.05) is 0 Å². The lowest BCUT2D eigenvalue weighted by Crippen LogP contribution is -2.39. The Morgan fingerprint density at radius 3 is 2.59 bits per heavy atom. The molecule has 0 aromatic heterocycles. The molecule has 2 heteroatoms. The molecule has 2 aliphatic heterocycles. The van der Waals surface area contributed by atoms with E-state index < -0.39 is 0 Å². The van der Waals surface area contributed by atoms with Gasteiger partial charge in [0.15, 0.2) is 0 Å². The second-order valence-corrected chi connectivity index (χ2v) is 6.55. The average Bonchev–Trinajstić information content (AvgIpc) is 2.82. The number of benzene rings is 2. The third kappa shape index (κ3) is 2.27. The maximum absolute atomic E-state index is 6.50. The summed E-state index contributed by atoms with van der Waals surface area (Å²) in [6.07, 6.45) is 3.36. The van der Waals surface area contributed by atoms with Crippen molar-refractivity contribution in [3.05, 3.63) is 70.8 Å². The van der Waals surface area contributed by atoms with Crippen molar-refractivity contribution in [3.63, 3.8) is 0 Å². The van der Waals surface area contributed by atoms with Crippen LogP contribution in [0.5, 0.6) is 0 Å². The summed E-state index contributed by atoms with van der Waals surface area (Å²) in [7, 11) is 0. The van der Waals surface area contributed by atoms with E-state index in [1.165, 1.54) is 22.3 Å². The van der Waals surface area contributed by atoms with Crippen molar-refractivity contribution in [1.82, 2.24) is 5.32 Å². The Bertz CT molecular complexity index is 659. The van der Waals surface area contributed by atoms with E-state index in [1.54, 1.807) is 0 Å². The number of piperidine rings is 1. The SMILES string of the molecule is CC1OC2(CCNCC2)c2cccc(Cc3ccccc3)c21. The van der Waals surface area contributed by atoms with E-state index in [2.05, 4.69) is 60.8 Å². The summed E-state index contributed by atoms with van der Waals surface area (Å²) in [5, 5.41) is 3.46. The van der Waals surface area contributed by atoms with Gasteiger partial charge in [-0.1, -0.05) is 48.5 Å². The van der Waals surface area contributed by atoms with Gasteiger partial charge in [-0.2, -0.15) is 0 Å². The monoisotopic (exact) mass is 293 g/mol. The first-order valence-electron chi connectivity index (χ1n) is 8.33. The number of nitrogens with one attached hydrogen (secondary N) is 1. The first-order valence-corrected chi connectivity index (χ1v) is 8.33. The second kappa shape index (κ2) is 5.53. The second-order valence-electron chi connectivity index (χ2n) is 6.55. The molecule has 2 aromatic carbocycles. The van der Waals surface area contributed by atoms with E-state index >= 15 is 0 Å². The first-order chi connectivity index (χ1) is 10.8. The van der Waals surface area contributed by atoms with Crippen LogP contribution in [0.25, 0.3) is 0 Å². The van der Waals surface area contributed by atoms with Crippen LogP contribution in [-0.2, 0) is 16.8 Å². The van der Waals surface area contributed by atoms with E-state index in [4.69, 9.17) is 4.74 Å². The summed E-state index contributed by atoms with van der Waals surface area (Å²) < 4.78 is 6.50. The zero-order valence-electron chi connectivity index (χ0n) is 13.1. The van der Waals surface area contributed by atoms with Gasteiger partial charge in [0.2, 0.25) is 0 Å². The Morgan fingerprint density at radius 2 is 1.82 bits per heavy atom. The van der Waals surface area contributed by atoms with E-state index in [1.807, 2.05) is 0 Å². The van der Waals surface area contributed by atoms with Crippen LogP contribution in [0, 0.1) is 0 Å². The molecule has 0 amide bonds. The quantitative estimate of drug-likeness (QED) is 0.905. The van der Waals surface area contributed by atoms with Gasteiger partial charge in [-0.15, -0.1) is 0 Å². The summed E-state index contributed by atoms with van der Waals surface area (Å²) in [6, 6.07) is 17.5. The van der Waals surface area contributed by atoms with Gasteiger partial charge in [0.25, 0.3) is 0 Å². The molecular formula is C20H23NO. The maximum Gasteiger partial charge on any atom is 0.0967 e. The number of ether oxygens (including phenoxy) is 1. The van der Waals surface area contributed by atoms with Crippen LogP contribution in [-0.4, -0.2) is 13.1 Å². The molecule has 2 aromatic rings. The molecule has 4 rings (SSSR count). The predicted molar refractivity (Wildman–Crippen MR) is 89.0 cm³/mol. The summed E-state index contributed by atoms with van der Waals surface area (Å²) in [5.74, 6) is 0. The van der Waals surface area contributed by atoms with E-state index in [0.717, 1.165) is 32.4 Å². The molecule has 0 radical (unpaired) electrons. The zero-order chi connectivity index (χ0) is 15.0. The molecule has 0 bridgehead atoms. The molecule has 2 aliphatic rings. The van der Waals surface area contributed by atoms with Crippen LogP contribution < -0.4 is 5.32 Å². The molecule has 0 aliphatic carbocycles. The van der Waals surface area contributed by atoms with Gasteiger partial charge < -0.3 is 10.1 Å². The van der Waals surface area contributed by atoms with Crippen LogP contribution in [0.1, 0.15) is 48.1 Å². The lowest BCUT2D eigenvalue weighted by molar-refractivity contribution is -0.0875. The van der Waals surface area contributed by atoms with Gasteiger partial charge in [0.05, 0.1) is 11.7 Å². The fourth-order valence-electron chi connectivity index (χ4n) is 4.14. The molecule has 2 nitrogen and oxygen atoms in total. The maximum atomic E-state index is 6.50. The number of rotatable bonds is 2. The third-order valence-electron chi connectivity index (χ3n) is 5.14. The Morgan fingerprint density at radius 1 is 1.05 bits per heavy atom. The first kappa shape index (κ1) is 14.0. The minimum atomic E-state index is -0.0489. The minimum absolute atomic E-state index is 0.0489. The van der Waals surface area contributed by atoms with E-state index in [-0.39, 0.29) is 11.7 Å². The molecule has 1 spiro atoms. The molecule has 2 heterocycles. The lowest BCUT2D eigenvalue weighted by Gasteiger charge is -2.34. The smallest absolute Gasteiger partial charge is 0.0967 e. The van der Waals surface area contributed by atoms with Gasteiger partial charge in [-0.3, -0.25) is 0 Å². The lowest BCUT2D eigenvalue weighted by atomic mass is 9.82. The Balaban J connectivity index is 1.74. The van der Waals surface area contributed by atoms with Gasteiger partial charge in [-0.05, 0) is 61.5 Å². The highest BCUT2D eigenvalue weighted by Crippen LogP contribution is 2.49. The normalized spacial score (nSPS) is 22.7. The summed E-state index contributed by atoms with van der Waals surface area (Å²) >= 11 is 0. The number of hydrogen-bond acceptors (Lipinski definition) is 2. The molecule has 1 saturated heterocycles. The van der Waals surface area contributed by atoms with Gasteiger partial charge in [-0.25, -0.2) is 0 Å². The standard InChI is InChI=1S/C20H23NO/c1-15-19-17(14-16-6-3-2-4-7-16)8-5-9-18(19)20(22-15)10-12-21-13-11-20/h2-9,15,21H,10-14H2,1H3. The van der Waals surface area contributed by atoms with Gasteiger partial charge in [0.1, 0.15) is 0 Å². The van der Waals surface area contributed by atoms with E-state index in [9.17, 15) is 0 Å². The summed E-state index contributed by atoms with van der Waals surface area (Å²) in [5.41, 5.74) is 5.62. The molecule has 114 valence electrons. The molecule has 1 atom stereocenters. The minimum Gasteiger partial charge on any atom is -0.363 e. The largest absolute Gasteiger partial charge is 0.363 e. The highest BCUT2D eigenvalue weighted by atomic mass is 16.5. The molecule has 1 unspecified atom stereocenters. The predicted octanol–water partition coefficient (Wildman–Crippen LogP) is 3.95. The summed E-state index contributed by atoms with van der Waals surface area (Å²) in [6.45, 7) is 4.31. The van der Waals surface area contributed by atoms with Crippen molar-refractivity contribution in [2.75, 3.05) is 13.1 Å². The van der Waals surface area contributed by atoms with E-state index in [0.29, 0.717) is 0 Å². The zero-order valence-corrected chi connectivity index (χ0v) is 13.1. The van der Waals surface area contributed by atoms with Crippen molar-refractivity contribution in [3.8, 4) is 0 Å². The third-order valence-corrected chi connectivity index (χ3v) is 5.14. The van der Waals surface area contributed by atoms with Crippen LogP contribution in [0.3, 0.4) is 0 Å². The molecular weight excluding hydrogens is 270 g/mol. The molecule has 1 N–H and O–H groups in total. The fraction of sp³-hybridized carbons (Fsp3) is 0.400. The number of hydrogen-bond donors (Lipinski definition) is 1. The number of fused-ring (bicyclic) bond motifs is 2. The molecule has 22 heavy (non-hydrogen) atoms. The van der Waals surface area contributed by atoms with Crippen molar-refractivity contribution in [2.45, 2.75) is 37.9 Å². The van der Waals surface area contributed by atoms with Crippen LogP contribution in [0.2, 0.25) is 0 Å². The Hall–Kier alpha value is -1.64. The average molecular weight is 293 g/mol. The molecule has 1 fully saturated rings. The van der Waals surface area contributed by atoms with Crippen molar-refractivity contribution < 1.29 is 4.74 Å². The molecule has 0 saturated carbocycles. The Kier molecular flexibility index (Phi) is 3.51. The van der Waals surface area contributed by atoms with Crippen molar-refractivity contribution in [1.29, 1.82) is 0 Å². The van der Waals surface area contributed by atoms with Crippen LogP contribution >= 0.6 is 0 Å². The highest BCUT2D eigenvalue weighted by molar-refractivity contribution is 5.45. The highest BCUT2D eigenvalue weighted by Gasteiger charge is 2.44. The summed E-state index contributed by atoms with van der Waals surface area (Å²) in [4.78, 5) is 0. The Labute approximate surface area is 132 Å². The topological polar surface area (TPSA) is 21.3 Å². The van der Waals surface area contributed by atoms with Crippen molar-refractivity contribution >= 4 is 0 Å². The van der Waals surface area contributed by atoms with Crippen molar-refractivity contribution in [2.24, 2.45) is 0 Å².